The lowest BCUT2D eigenvalue weighted by Crippen LogP contribution is -2.45. The second kappa shape index (κ2) is 4.96. The van der Waals surface area contributed by atoms with E-state index in [0.29, 0.717) is 26.1 Å². The Morgan fingerprint density at radius 3 is 3.08 bits per heavy atom. The van der Waals surface area contributed by atoms with Crippen molar-refractivity contribution in [1.29, 1.82) is 0 Å². The Hall–Kier alpha value is -0.0900. The molecule has 0 amide bonds. The molecule has 0 aromatic heterocycles. The van der Waals surface area contributed by atoms with E-state index in [1.165, 1.54) is 5.54 Å². The number of halogens is 1. The zero-order chi connectivity index (χ0) is 9.73. The topological polar surface area (TPSA) is 41.5 Å². The molecule has 4 heteroatoms. The largest absolute Gasteiger partial charge is 0.386 e. The quantitative estimate of drug-likeness (QED) is 0.670. The van der Waals surface area contributed by atoms with Crippen LogP contribution in [0.2, 0.25) is 0 Å². The van der Waals surface area contributed by atoms with Gasteiger partial charge in [0.2, 0.25) is 0 Å². The number of rotatable bonds is 4. The highest BCUT2D eigenvalue weighted by Crippen LogP contribution is 2.24. The summed E-state index contributed by atoms with van der Waals surface area (Å²) >= 11 is 5.35. The van der Waals surface area contributed by atoms with Crippen LogP contribution in [0.3, 0.4) is 0 Å². The molecule has 0 saturated carbocycles. The molecule has 76 valence electrons. The van der Waals surface area contributed by atoms with Gasteiger partial charge >= 0.3 is 0 Å². The minimum Gasteiger partial charge on any atom is -0.386 e. The van der Waals surface area contributed by atoms with Crippen molar-refractivity contribution in [2.24, 2.45) is 0 Å². The first-order valence-corrected chi connectivity index (χ1v) is 4.92. The molecule has 0 aromatic carbocycles. The van der Waals surface area contributed by atoms with Gasteiger partial charge in [-0.25, -0.2) is 0 Å². The number of ether oxygens (including phenoxy) is 1. The SMILES string of the molecule is CC1OCCC1(O)CNC/C=C/Cl. The fraction of sp³-hybridized carbons (Fsp3) is 0.778. The number of hydrogen-bond donors (Lipinski definition) is 2. The van der Waals surface area contributed by atoms with Gasteiger partial charge in [-0.15, -0.1) is 0 Å². The third-order valence-electron chi connectivity index (χ3n) is 2.44. The van der Waals surface area contributed by atoms with E-state index in [2.05, 4.69) is 5.32 Å². The van der Waals surface area contributed by atoms with Gasteiger partial charge in [-0.3, -0.25) is 0 Å². The van der Waals surface area contributed by atoms with Gasteiger partial charge in [0.05, 0.1) is 6.10 Å². The number of aliphatic hydroxyl groups is 1. The fourth-order valence-corrected chi connectivity index (χ4v) is 1.51. The van der Waals surface area contributed by atoms with Crippen LogP contribution in [0.4, 0.5) is 0 Å². The van der Waals surface area contributed by atoms with Crippen molar-refractivity contribution < 1.29 is 9.84 Å². The molecule has 0 spiro atoms. The molecule has 2 atom stereocenters. The lowest BCUT2D eigenvalue weighted by atomic mass is 9.97. The molecule has 0 bridgehead atoms. The van der Waals surface area contributed by atoms with Crippen molar-refractivity contribution >= 4 is 11.6 Å². The summed E-state index contributed by atoms with van der Waals surface area (Å²) in [4.78, 5) is 0. The monoisotopic (exact) mass is 205 g/mol. The van der Waals surface area contributed by atoms with Crippen LogP contribution in [0, 0.1) is 0 Å². The van der Waals surface area contributed by atoms with Crippen LogP contribution in [0.5, 0.6) is 0 Å². The summed E-state index contributed by atoms with van der Waals surface area (Å²) in [6, 6.07) is 0. The molecule has 2 N–H and O–H groups in total. The summed E-state index contributed by atoms with van der Waals surface area (Å²) in [5.74, 6) is 0. The predicted octanol–water partition coefficient (Wildman–Crippen LogP) is 0.868. The molecular formula is C9H16ClNO2. The first kappa shape index (κ1) is 11.0. The Labute approximate surface area is 83.7 Å². The number of nitrogens with one attached hydrogen (secondary N) is 1. The maximum absolute atomic E-state index is 10.0. The highest BCUT2D eigenvalue weighted by Gasteiger charge is 2.38. The van der Waals surface area contributed by atoms with E-state index in [4.69, 9.17) is 16.3 Å². The summed E-state index contributed by atoms with van der Waals surface area (Å²) in [6.07, 6.45) is 2.41. The minimum absolute atomic E-state index is 0.0834. The van der Waals surface area contributed by atoms with Gasteiger partial charge in [-0.2, -0.15) is 0 Å². The highest BCUT2D eigenvalue weighted by atomic mass is 35.5. The van der Waals surface area contributed by atoms with E-state index in [1.807, 2.05) is 6.92 Å². The molecule has 3 nitrogen and oxygen atoms in total. The average Bonchev–Trinajstić information content (AvgIpc) is 2.42. The van der Waals surface area contributed by atoms with Crippen molar-refractivity contribution in [3.05, 3.63) is 11.6 Å². The summed E-state index contributed by atoms with van der Waals surface area (Å²) in [5.41, 5.74) is 0.756. The van der Waals surface area contributed by atoms with Gasteiger partial charge in [0.15, 0.2) is 0 Å². The second-order valence-electron chi connectivity index (χ2n) is 3.36. The van der Waals surface area contributed by atoms with Gasteiger partial charge in [-0.05, 0) is 6.92 Å². The highest BCUT2D eigenvalue weighted by molar-refractivity contribution is 6.25. The van der Waals surface area contributed by atoms with E-state index < -0.39 is 5.60 Å². The Bertz CT molecular complexity index is 186. The second-order valence-corrected chi connectivity index (χ2v) is 3.61. The van der Waals surface area contributed by atoms with Gasteiger partial charge in [0.1, 0.15) is 5.60 Å². The molecule has 1 aliphatic rings. The summed E-state index contributed by atoms with van der Waals surface area (Å²) in [6.45, 7) is 3.77. The zero-order valence-corrected chi connectivity index (χ0v) is 8.55. The van der Waals surface area contributed by atoms with Crippen LogP contribution in [0.25, 0.3) is 0 Å². The van der Waals surface area contributed by atoms with Crippen LogP contribution in [0.1, 0.15) is 13.3 Å². The molecule has 0 radical (unpaired) electrons. The smallest absolute Gasteiger partial charge is 0.105 e. The van der Waals surface area contributed by atoms with E-state index in [-0.39, 0.29) is 6.10 Å². The zero-order valence-electron chi connectivity index (χ0n) is 7.79. The van der Waals surface area contributed by atoms with E-state index in [1.54, 1.807) is 6.08 Å². The Morgan fingerprint density at radius 1 is 1.77 bits per heavy atom. The Kier molecular flexibility index (Phi) is 4.19. The summed E-state index contributed by atoms with van der Waals surface area (Å²) < 4.78 is 5.29. The molecule has 1 saturated heterocycles. The van der Waals surface area contributed by atoms with Crippen LogP contribution in [-0.2, 0) is 4.74 Å². The van der Waals surface area contributed by atoms with Crippen LogP contribution in [0.15, 0.2) is 11.6 Å². The third-order valence-corrected chi connectivity index (χ3v) is 2.62. The predicted molar refractivity (Wildman–Crippen MR) is 52.8 cm³/mol. The van der Waals surface area contributed by atoms with Crippen molar-refractivity contribution in [3.8, 4) is 0 Å². The normalized spacial score (nSPS) is 34.5. The Balaban J connectivity index is 2.26. The van der Waals surface area contributed by atoms with Crippen molar-refractivity contribution in [2.45, 2.75) is 25.0 Å². The maximum Gasteiger partial charge on any atom is 0.105 e. The molecule has 1 aliphatic heterocycles. The van der Waals surface area contributed by atoms with Crippen LogP contribution < -0.4 is 5.32 Å². The van der Waals surface area contributed by atoms with Crippen molar-refractivity contribution in [1.82, 2.24) is 5.32 Å². The Morgan fingerprint density at radius 2 is 2.54 bits per heavy atom. The van der Waals surface area contributed by atoms with Crippen molar-refractivity contribution in [3.63, 3.8) is 0 Å². The van der Waals surface area contributed by atoms with Gasteiger partial charge in [0, 0.05) is 31.7 Å². The molecular weight excluding hydrogens is 190 g/mol. The standard InChI is InChI=1S/C9H16ClNO2/c1-8-9(12,3-6-13-8)7-11-5-2-4-10/h2,4,8,11-12H,3,5-7H2,1H3/b4-2+. The van der Waals surface area contributed by atoms with Crippen LogP contribution in [-0.4, -0.2) is 36.5 Å². The molecule has 0 aliphatic carbocycles. The van der Waals surface area contributed by atoms with E-state index >= 15 is 0 Å². The van der Waals surface area contributed by atoms with Gasteiger partial charge < -0.3 is 15.2 Å². The molecule has 0 aromatic rings. The molecule has 2 unspecified atom stereocenters. The average molecular weight is 206 g/mol. The molecule has 1 heterocycles. The maximum atomic E-state index is 10.0. The number of hydrogen-bond acceptors (Lipinski definition) is 3. The fourth-order valence-electron chi connectivity index (χ4n) is 1.42. The summed E-state index contributed by atoms with van der Waals surface area (Å²) in [5, 5.41) is 13.1. The first-order chi connectivity index (χ1) is 6.19. The van der Waals surface area contributed by atoms with E-state index in [9.17, 15) is 5.11 Å². The third kappa shape index (κ3) is 2.95. The molecule has 13 heavy (non-hydrogen) atoms. The lowest BCUT2D eigenvalue weighted by Gasteiger charge is -2.25. The van der Waals surface area contributed by atoms with Gasteiger partial charge in [-0.1, -0.05) is 17.7 Å². The first-order valence-electron chi connectivity index (χ1n) is 4.49. The molecule has 1 fully saturated rings. The van der Waals surface area contributed by atoms with Gasteiger partial charge in [0.25, 0.3) is 0 Å². The lowest BCUT2D eigenvalue weighted by molar-refractivity contribution is -0.0255. The minimum atomic E-state index is -0.708. The van der Waals surface area contributed by atoms with Crippen molar-refractivity contribution in [2.75, 3.05) is 19.7 Å². The van der Waals surface area contributed by atoms with Crippen LogP contribution >= 0.6 is 11.6 Å². The summed E-state index contributed by atoms with van der Waals surface area (Å²) in [7, 11) is 0. The van der Waals surface area contributed by atoms with E-state index in [0.717, 1.165) is 0 Å². The molecule has 1 rings (SSSR count).